The summed E-state index contributed by atoms with van der Waals surface area (Å²) in [5, 5.41) is 11.8. The van der Waals surface area contributed by atoms with Crippen LogP contribution in [0.1, 0.15) is 33.6 Å². The fraction of sp³-hybridized carbons (Fsp3) is 0.846. The van der Waals surface area contributed by atoms with Gasteiger partial charge in [-0.25, -0.2) is 0 Å². The Morgan fingerprint density at radius 3 is 2.47 bits per heavy atom. The van der Waals surface area contributed by atoms with Crippen LogP contribution in [0.3, 0.4) is 0 Å². The van der Waals surface area contributed by atoms with Gasteiger partial charge in [-0.15, -0.1) is 0 Å². The van der Waals surface area contributed by atoms with Gasteiger partial charge in [-0.3, -0.25) is 4.79 Å². The fourth-order valence-electron chi connectivity index (χ4n) is 2.49. The van der Waals surface area contributed by atoms with E-state index in [1.807, 2.05) is 20.8 Å². The van der Waals surface area contributed by atoms with E-state index in [-0.39, 0.29) is 23.8 Å². The molecule has 19 heavy (non-hydrogen) atoms. The van der Waals surface area contributed by atoms with Crippen LogP contribution in [0.15, 0.2) is 5.16 Å². The zero-order valence-corrected chi connectivity index (χ0v) is 12.0. The summed E-state index contributed by atoms with van der Waals surface area (Å²) in [7, 11) is 0. The van der Waals surface area contributed by atoms with Crippen molar-refractivity contribution in [2.24, 2.45) is 22.7 Å². The summed E-state index contributed by atoms with van der Waals surface area (Å²) in [5.74, 6) is -0.603. The number of amides is 1. The first kappa shape index (κ1) is 15.8. The van der Waals surface area contributed by atoms with Gasteiger partial charge in [-0.1, -0.05) is 19.0 Å². The summed E-state index contributed by atoms with van der Waals surface area (Å²) in [5.41, 5.74) is 5.63. The average molecular weight is 271 g/mol. The van der Waals surface area contributed by atoms with Gasteiger partial charge in [-0.2, -0.15) is 0 Å². The summed E-state index contributed by atoms with van der Waals surface area (Å²) in [6.45, 7) is 7.82. The highest BCUT2D eigenvalue weighted by Gasteiger charge is 2.32. The molecule has 0 saturated carbocycles. The van der Waals surface area contributed by atoms with E-state index in [1.54, 1.807) is 4.90 Å². The number of carbonyl (C=O) groups excluding carboxylic acids is 1. The van der Waals surface area contributed by atoms with Gasteiger partial charge in [0.15, 0.2) is 5.84 Å². The summed E-state index contributed by atoms with van der Waals surface area (Å²) >= 11 is 0. The molecule has 0 aromatic heterocycles. The molecule has 1 aliphatic rings. The Morgan fingerprint density at radius 2 is 2.05 bits per heavy atom. The van der Waals surface area contributed by atoms with E-state index in [2.05, 4.69) is 5.16 Å². The maximum absolute atomic E-state index is 12.4. The Labute approximate surface area is 114 Å². The van der Waals surface area contributed by atoms with E-state index >= 15 is 0 Å². The van der Waals surface area contributed by atoms with Crippen molar-refractivity contribution in [3.63, 3.8) is 0 Å². The Morgan fingerprint density at radius 1 is 1.47 bits per heavy atom. The molecule has 0 aromatic carbocycles. The lowest BCUT2D eigenvalue weighted by molar-refractivity contribution is -0.137. The van der Waals surface area contributed by atoms with Crippen LogP contribution in [0.25, 0.3) is 0 Å². The molecule has 0 aromatic rings. The molecule has 0 spiro atoms. The predicted octanol–water partition coefficient (Wildman–Crippen LogP) is 1.03. The summed E-state index contributed by atoms with van der Waals surface area (Å²) in [4.78, 5) is 14.2. The molecule has 0 bridgehead atoms. The standard InChI is InChI=1S/C13H25N3O3/c1-4-19-10-5-7-16(8-6-10)13(17)11(9(2)3)12(14)15-18/h9-11,18H,4-8H2,1-3H3,(H2,14,15). The Kier molecular flexibility index (Phi) is 6.08. The predicted molar refractivity (Wildman–Crippen MR) is 73.0 cm³/mol. The minimum atomic E-state index is -0.548. The number of ether oxygens (including phenoxy) is 1. The van der Waals surface area contributed by atoms with E-state index in [4.69, 9.17) is 15.7 Å². The first-order valence-electron chi connectivity index (χ1n) is 6.89. The topological polar surface area (TPSA) is 88.2 Å². The molecule has 0 aliphatic carbocycles. The summed E-state index contributed by atoms with van der Waals surface area (Å²) < 4.78 is 5.56. The number of carbonyl (C=O) groups is 1. The van der Waals surface area contributed by atoms with Gasteiger partial charge in [0.05, 0.1) is 6.10 Å². The van der Waals surface area contributed by atoms with E-state index in [9.17, 15) is 4.79 Å². The number of likely N-dealkylation sites (tertiary alicyclic amines) is 1. The number of nitrogens with two attached hydrogens (primary N) is 1. The minimum Gasteiger partial charge on any atom is -0.409 e. The van der Waals surface area contributed by atoms with Crippen LogP contribution in [-0.2, 0) is 9.53 Å². The maximum atomic E-state index is 12.4. The maximum Gasteiger partial charge on any atom is 0.233 e. The van der Waals surface area contributed by atoms with Gasteiger partial charge < -0.3 is 20.6 Å². The average Bonchev–Trinajstić information content (AvgIpc) is 2.39. The van der Waals surface area contributed by atoms with Crippen LogP contribution >= 0.6 is 0 Å². The van der Waals surface area contributed by atoms with Crippen LogP contribution in [0.5, 0.6) is 0 Å². The molecular formula is C13H25N3O3. The quantitative estimate of drug-likeness (QED) is 0.338. The molecule has 3 N–H and O–H groups in total. The second kappa shape index (κ2) is 7.33. The number of piperidine rings is 1. The van der Waals surface area contributed by atoms with E-state index in [0.717, 1.165) is 12.8 Å². The third kappa shape index (κ3) is 4.09. The number of amidine groups is 1. The molecule has 1 amide bonds. The zero-order chi connectivity index (χ0) is 14.4. The van der Waals surface area contributed by atoms with Gasteiger partial charge in [0.1, 0.15) is 5.92 Å². The van der Waals surface area contributed by atoms with Crippen LogP contribution in [-0.4, -0.2) is 47.7 Å². The lowest BCUT2D eigenvalue weighted by atomic mass is 9.92. The number of hydrogen-bond donors (Lipinski definition) is 2. The second-order valence-electron chi connectivity index (χ2n) is 5.23. The van der Waals surface area contributed by atoms with Crippen LogP contribution < -0.4 is 5.73 Å². The van der Waals surface area contributed by atoms with E-state index in [1.165, 1.54) is 0 Å². The molecule has 1 atom stereocenters. The number of rotatable bonds is 5. The monoisotopic (exact) mass is 271 g/mol. The molecule has 1 fully saturated rings. The molecule has 0 radical (unpaired) electrons. The number of oxime groups is 1. The van der Waals surface area contributed by atoms with Crippen molar-refractivity contribution < 1.29 is 14.7 Å². The highest BCUT2D eigenvalue weighted by atomic mass is 16.5. The van der Waals surface area contributed by atoms with Gasteiger partial charge in [0.25, 0.3) is 0 Å². The lowest BCUT2D eigenvalue weighted by Gasteiger charge is -2.34. The Balaban J connectivity index is 2.62. The van der Waals surface area contributed by atoms with Crippen LogP contribution in [0.4, 0.5) is 0 Å². The van der Waals surface area contributed by atoms with Gasteiger partial charge >= 0.3 is 0 Å². The molecule has 1 heterocycles. The molecule has 6 heteroatoms. The smallest absolute Gasteiger partial charge is 0.233 e. The first-order valence-corrected chi connectivity index (χ1v) is 6.89. The zero-order valence-electron chi connectivity index (χ0n) is 12.0. The van der Waals surface area contributed by atoms with Crippen molar-refractivity contribution in [1.82, 2.24) is 4.90 Å². The molecule has 6 nitrogen and oxygen atoms in total. The third-order valence-electron chi connectivity index (χ3n) is 3.52. The summed E-state index contributed by atoms with van der Waals surface area (Å²) in [6.07, 6.45) is 1.94. The largest absolute Gasteiger partial charge is 0.409 e. The van der Waals surface area contributed by atoms with E-state index in [0.29, 0.717) is 19.7 Å². The Bertz CT molecular complexity index is 323. The van der Waals surface area contributed by atoms with Crippen molar-refractivity contribution in [2.45, 2.75) is 39.7 Å². The molecule has 1 unspecified atom stereocenters. The van der Waals surface area contributed by atoms with Crippen molar-refractivity contribution in [3.05, 3.63) is 0 Å². The fourth-order valence-corrected chi connectivity index (χ4v) is 2.49. The minimum absolute atomic E-state index is 0.00742. The van der Waals surface area contributed by atoms with Gasteiger partial charge in [0.2, 0.25) is 5.91 Å². The van der Waals surface area contributed by atoms with Gasteiger partial charge in [0, 0.05) is 19.7 Å². The Hall–Kier alpha value is -1.30. The number of nitrogens with zero attached hydrogens (tertiary/aromatic N) is 2. The van der Waals surface area contributed by atoms with Gasteiger partial charge in [-0.05, 0) is 25.7 Å². The molecule has 110 valence electrons. The van der Waals surface area contributed by atoms with Crippen molar-refractivity contribution in [2.75, 3.05) is 19.7 Å². The molecule has 1 aliphatic heterocycles. The van der Waals surface area contributed by atoms with Crippen LogP contribution in [0.2, 0.25) is 0 Å². The van der Waals surface area contributed by atoms with Crippen molar-refractivity contribution >= 4 is 11.7 Å². The highest BCUT2D eigenvalue weighted by Crippen LogP contribution is 2.20. The van der Waals surface area contributed by atoms with Crippen molar-refractivity contribution in [3.8, 4) is 0 Å². The third-order valence-corrected chi connectivity index (χ3v) is 3.52. The number of hydrogen-bond acceptors (Lipinski definition) is 4. The molecule has 1 saturated heterocycles. The highest BCUT2D eigenvalue weighted by molar-refractivity contribution is 6.02. The molecule has 1 rings (SSSR count). The lowest BCUT2D eigenvalue weighted by Crippen LogP contribution is -2.48. The second-order valence-corrected chi connectivity index (χ2v) is 5.23. The normalized spacial score (nSPS) is 19.8. The van der Waals surface area contributed by atoms with Crippen LogP contribution in [0, 0.1) is 11.8 Å². The summed E-state index contributed by atoms with van der Waals surface area (Å²) in [6, 6.07) is 0. The molecular weight excluding hydrogens is 246 g/mol. The SMILES string of the molecule is CCOC1CCN(C(=O)C(C(N)=NO)C(C)C)CC1. The van der Waals surface area contributed by atoms with E-state index < -0.39 is 5.92 Å². The first-order chi connectivity index (χ1) is 9.01. The van der Waals surface area contributed by atoms with Crippen molar-refractivity contribution in [1.29, 1.82) is 0 Å².